The van der Waals surface area contributed by atoms with Crippen LogP contribution in [0.5, 0.6) is 0 Å². The van der Waals surface area contributed by atoms with Crippen molar-refractivity contribution in [3.8, 4) is 0 Å². The summed E-state index contributed by atoms with van der Waals surface area (Å²) in [6.45, 7) is 8.57. The quantitative estimate of drug-likeness (QED) is 0.557. The lowest BCUT2D eigenvalue weighted by molar-refractivity contribution is 0.555. The standard InChI is InChI=1S/C17H27N6OPS/c1-10-6-7-14(13(4)21-10)19-8-15(17-20-9-16(18-5)26-17)25(24)22-11(2)12(3)23-25/h6-7,9,11-12,15,18-19H,8H2,1-5H3,(H2,22,23,24)/t11-,12+,15?,25?. The van der Waals surface area contributed by atoms with E-state index >= 15 is 0 Å². The Kier molecular flexibility index (Phi) is 5.67. The minimum Gasteiger partial charge on any atom is -0.382 e. The number of aromatic nitrogens is 2. The molecule has 1 saturated heterocycles. The van der Waals surface area contributed by atoms with Gasteiger partial charge in [0.2, 0.25) is 7.44 Å². The zero-order valence-corrected chi connectivity index (χ0v) is 17.5. The van der Waals surface area contributed by atoms with Crippen molar-refractivity contribution in [3.05, 3.63) is 34.7 Å². The largest absolute Gasteiger partial charge is 0.382 e. The molecule has 0 radical (unpaired) electrons. The van der Waals surface area contributed by atoms with Crippen molar-refractivity contribution in [3.63, 3.8) is 0 Å². The Morgan fingerprint density at radius 3 is 2.54 bits per heavy atom. The van der Waals surface area contributed by atoms with Crippen molar-refractivity contribution >= 4 is 29.5 Å². The zero-order chi connectivity index (χ0) is 18.9. The fourth-order valence-corrected chi connectivity index (χ4v) is 7.23. The Balaban J connectivity index is 1.87. The number of hydrogen-bond donors (Lipinski definition) is 4. The topological polar surface area (TPSA) is 91.0 Å². The molecule has 2 unspecified atom stereocenters. The van der Waals surface area contributed by atoms with Crippen molar-refractivity contribution in [2.75, 3.05) is 24.2 Å². The average Bonchev–Trinajstić information content (AvgIpc) is 3.14. The van der Waals surface area contributed by atoms with Crippen LogP contribution in [0.3, 0.4) is 0 Å². The monoisotopic (exact) mass is 394 g/mol. The van der Waals surface area contributed by atoms with Gasteiger partial charge in [-0.25, -0.2) is 4.98 Å². The number of nitrogens with zero attached hydrogens (tertiary/aromatic N) is 2. The van der Waals surface area contributed by atoms with E-state index in [4.69, 9.17) is 0 Å². The summed E-state index contributed by atoms with van der Waals surface area (Å²) >= 11 is 1.54. The second-order valence-electron chi connectivity index (χ2n) is 6.79. The summed E-state index contributed by atoms with van der Waals surface area (Å²) in [4.78, 5) is 9.02. The van der Waals surface area contributed by atoms with Crippen LogP contribution >= 0.6 is 18.8 Å². The second-order valence-corrected chi connectivity index (χ2v) is 10.3. The molecule has 0 bridgehead atoms. The van der Waals surface area contributed by atoms with E-state index < -0.39 is 7.44 Å². The normalized spacial score (nSPS) is 26.7. The molecule has 7 nitrogen and oxygen atoms in total. The number of anilines is 2. The molecule has 0 aliphatic carbocycles. The zero-order valence-electron chi connectivity index (χ0n) is 15.8. The van der Waals surface area contributed by atoms with Crippen molar-refractivity contribution in [1.29, 1.82) is 0 Å². The molecule has 142 valence electrons. The molecule has 2 aromatic rings. The summed E-state index contributed by atoms with van der Waals surface area (Å²) in [5.74, 6) is 0. The molecule has 2 aromatic heterocycles. The van der Waals surface area contributed by atoms with Gasteiger partial charge in [-0.1, -0.05) is 0 Å². The van der Waals surface area contributed by atoms with Gasteiger partial charge < -0.3 is 10.6 Å². The predicted octanol–water partition coefficient (Wildman–Crippen LogP) is 3.51. The maximum atomic E-state index is 13.7. The molecule has 3 rings (SSSR count). The molecule has 4 N–H and O–H groups in total. The van der Waals surface area contributed by atoms with E-state index in [0.717, 1.165) is 27.1 Å². The van der Waals surface area contributed by atoms with Crippen LogP contribution in [0.25, 0.3) is 0 Å². The van der Waals surface area contributed by atoms with Crippen molar-refractivity contribution in [1.82, 2.24) is 20.1 Å². The fourth-order valence-electron chi connectivity index (χ4n) is 3.05. The Hall–Kier alpha value is -1.47. The summed E-state index contributed by atoms with van der Waals surface area (Å²) in [6.07, 6.45) is 1.79. The van der Waals surface area contributed by atoms with Gasteiger partial charge in [0.25, 0.3) is 0 Å². The minimum atomic E-state index is -2.84. The minimum absolute atomic E-state index is 0.148. The van der Waals surface area contributed by atoms with Crippen LogP contribution in [0.4, 0.5) is 10.7 Å². The molecular formula is C17H27N6OPS. The van der Waals surface area contributed by atoms with E-state index in [0.29, 0.717) is 6.54 Å². The van der Waals surface area contributed by atoms with Crippen molar-refractivity contribution in [2.24, 2.45) is 0 Å². The number of hydrogen-bond acceptors (Lipinski definition) is 6. The van der Waals surface area contributed by atoms with Crippen LogP contribution in [0.1, 0.15) is 35.9 Å². The van der Waals surface area contributed by atoms with Crippen LogP contribution in [0.2, 0.25) is 0 Å². The van der Waals surface area contributed by atoms with Gasteiger partial charge in [-0.2, -0.15) is 0 Å². The molecule has 0 spiro atoms. The number of aryl methyl sites for hydroxylation is 2. The molecule has 0 saturated carbocycles. The lowest BCUT2D eigenvalue weighted by atomic mass is 10.2. The van der Waals surface area contributed by atoms with Gasteiger partial charge in [0.15, 0.2) is 0 Å². The molecule has 1 aliphatic rings. The van der Waals surface area contributed by atoms with Gasteiger partial charge >= 0.3 is 0 Å². The molecule has 4 atom stereocenters. The highest BCUT2D eigenvalue weighted by molar-refractivity contribution is 7.61. The Labute approximate surface area is 158 Å². The van der Waals surface area contributed by atoms with Crippen LogP contribution in [-0.2, 0) is 4.57 Å². The summed E-state index contributed by atoms with van der Waals surface area (Å²) in [7, 11) is -0.971. The predicted molar refractivity (Wildman–Crippen MR) is 109 cm³/mol. The molecule has 0 amide bonds. The number of rotatable bonds is 6. The average molecular weight is 394 g/mol. The Morgan fingerprint density at radius 1 is 1.27 bits per heavy atom. The molecule has 1 aliphatic heterocycles. The van der Waals surface area contributed by atoms with Gasteiger partial charge in [-0.15, -0.1) is 11.3 Å². The van der Waals surface area contributed by atoms with Crippen LogP contribution in [0.15, 0.2) is 18.3 Å². The first-order chi connectivity index (χ1) is 12.3. The van der Waals surface area contributed by atoms with Crippen LogP contribution in [0, 0.1) is 13.8 Å². The first kappa shape index (κ1) is 19.3. The molecule has 0 aromatic carbocycles. The highest BCUT2D eigenvalue weighted by Gasteiger charge is 2.44. The molecule has 1 fully saturated rings. The second kappa shape index (κ2) is 7.64. The van der Waals surface area contributed by atoms with E-state index in [-0.39, 0.29) is 17.7 Å². The molecular weight excluding hydrogens is 367 g/mol. The van der Waals surface area contributed by atoms with Crippen LogP contribution in [-0.4, -0.2) is 35.6 Å². The summed E-state index contributed by atoms with van der Waals surface area (Å²) < 4.78 is 13.7. The highest BCUT2D eigenvalue weighted by atomic mass is 32.1. The van der Waals surface area contributed by atoms with Crippen LogP contribution < -0.4 is 20.8 Å². The van der Waals surface area contributed by atoms with Crippen molar-refractivity contribution in [2.45, 2.75) is 45.4 Å². The van der Waals surface area contributed by atoms with Gasteiger partial charge in [0, 0.05) is 31.4 Å². The Bertz CT molecular complexity index is 811. The lowest BCUT2D eigenvalue weighted by Crippen LogP contribution is -2.26. The SMILES string of the molecule is CNc1cnc(C(CNc2ccc(C)nc2C)P2(=O)N[C@@H](C)[C@@H](C)N2)s1. The third-order valence-electron chi connectivity index (χ3n) is 4.75. The van der Waals surface area contributed by atoms with Gasteiger partial charge in [0.05, 0.1) is 17.6 Å². The Morgan fingerprint density at radius 2 is 1.96 bits per heavy atom. The molecule has 26 heavy (non-hydrogen) atoms. The van der Waals surface area contributed by atoms with Gasteiger partial charge in [0.1, 0.15) is 15.7 Å². The van der Waals surface area contributed by atoms with Crippen molar-refractivity contribution < 1.29 is 4.57 Å². The number of nitrogens with one attached hydrogen (secondary N) is 4. The van der Waals surface area contributed by atoms with Gasteiger partial charge in [-0.3, -0.25) is 19.7 Å². The van der Waals surface area contributed by atoms with E-state index in [1.54, 1.807) is 17.5 Å². The van der Waals surface area contributed by atoms with Gasteiger partial charge in [-0.05, 0) is 39.8 Å². The first-order valence-corrected chi connectivity index (χ1v) is 11.4. The summed E-state index contributed by atoms with van der Waals surface area (Å²) in [5, 5.41) is 15.0. The number of thiazole rings is 1. The summed E-state index contributed by atoms with van der Waals surface area (Å²) in [6, 6.07) is 4.29. The molecule has 3 heterocycles. The lowest BCUT2D eigenvalue weighted by Gasteiger charge is -2.24. The fraction of sp³-hybridized carbons (Fsp3) is 0.529. The first-order valence-electron chi connectivity index (χ1n) is 8.79. The maximum absolute atomic E-state index is 13.7. The third-order valence-corrected chi connectivity index (χ3v) is 8.94. The third kappa shape index (κ3) is 3.93. The van der Waals surface area contributed by atoms with E-state index in [9.17, 15) is 4.57 Å². The smallest absolute Gasteiger partial charge is 0.223 e. The highest BCUT2D eigenvalue weighted by Crippen LogP contribution is 2.56. The van der Waals surface area contributed by atoms with E-state index in [1.807, 2.05) is 33.0 Å². The maximum Gasteiger partial charge on any atom is 0.223 e. The molecule has 9 heteroatoms. The van der Waals surface area contributed by atoms with E-state index in [1.165, 1.54) is 0 Å². The van der Waals surface area contributed by atoms with E-state index in [2.05, 4.69) is 44.6 Å². The summed E-state index contributed by atoms with van der Waals surface area (Å²) in [5.41, 5.74) is 2.62. The number of pyridine rings is 1.